The largest absolute Gasteiger partial charge is 0.463 e. The second kappa shape index (κ2) is 14.4. The molecule has 206 valence electrons. The molecule has 0 amide bonds. The molecule has 0 fully saturated rings. The van der Waals surface area contributed by atoms with Gasteiger partial charge < -0.3 is 9.05 Å². The van der Waals surface area contributed by atoms with Gasteiger partial charge in [0.1, 0.15) is 11.5 Å². The Kier molecular flexibility index (Phi) is 12.2. The Morgan fingerprint density at radius 3 is 2.03 bits per heavy atom. The second-order valence-electron chi connectivity index (χ2n) is 12.5. The first-order valence-electron chi connectivity index (χ1n) is 14.0. The van der Waals surface area contributed by atoms with Crippen LogP contribution in [0, 0.1) is 6.92 Å². The highest BCUT2D eigenvalue weighted by molar-refractivity contribution is 7.42. The number of aryl methyl sites for hydroxylation is 1. The van der Waals surface area contributed by atoms with Crippen LogP contribution < -0.4 is 9.05 Å². The quantitative estimate of drug-likeness (QED) is 0.192. The van der Waals surface area contributed by atoms with Crippen LogP contribution in [0.5, 0.6) is 11.5 Å². The third-order valence-corrected chi connectivity index (χ3v) is 7.39. The first-order valence-corrected chi connectivity index (χ1v) is 15.1. The lowest BCUT2D eigenvalue weighted by Crippen LogP contribution is -2.14. The number of unbranched alkanes of at least 4 members (excludes halogenated alkanes) is 5. The van der Waals surface area contributed by atoms with Crippen molar-refractivity contribution in [2.75, 3.05) is 6.61 Å². The third kappa shape index (κ3) is 10.8. The number of rotatable bonds is 13. The van der Waals surface area contributed by atoms with Crippen LogP contribution in [0.15, 0.2) is 42.0 Å². The van der Waals surface area contributed by atoms with E-state index in [2.05, 4.69) is 112 Å². The fraction of sp³-hybridized carbons (Fsp3) is 0.576. The molecule has 2 rings (SSSR count). The Morgan fingerprint density at radius 2 is 1.41 bits per heavy atom. The molecule has 0 aromatic heterocycles. The van der Waals surface area contributed by atoms with Crippen molar-refractivity contribution in [3.05, 3.63) is 64.2 Å². The molecule has 3 nitrogen and oxygen atoms in total. The topological polar surface area (TPSA) is 27.7 Å². The molecule has 4 heteroatoms. The Balaban J connectivity index is 2.33. The first kappa shape index (κ1) is 31.4. The zero-order chi connectivity index (χ0) is 27.6. The number of allylic oxidation sites excluding steroid dienone is 1. The monoisotopic (exact) mass is 526 g/mol. The zero-order valence-electron chi connectivity index (χ0n) is 25.2. The van der Waals surface area contributed by atoms with Gasteiger partial charge in [-0.05, 0) is 61.8 Å². The highest BCUT2D eigenvalue weighted by Crippen LogP contribution is 2.46. The van der Waals surface area contributed by atoms with Gasteiger partial charge in [-0.2, -0.15) is 0 Å². The summed E-state index contributed by atoms with van der Waals surface area (Å²) in [6.45, 7) is 22.6. The average molecular weight is 527 g/mol. The molecule has 0 bridgehead atoms. The van der Waals surface area contributed by atoms with E-state index in [4.69, 9.17) is 13.6 Å². The molecule has 0 radical (unpaired) electrons. The Morgan fingerprint density at radius 1 is 0.784 bits per heavy atom. The van der Waals surface area contributed by atoms with Gasteiger partial charge in [-0.15, -0.1) is 0 Å². The van der Waals surface area contributed by atoms with Crippen LogP contribution in [0.1, 0.15) is 123 Å². The van der Waals surface area contributed by atoms with Gasteiger partial charge in [-0.3, -0.25) is 4.52 Å². The van der Waals surface area contributed by atoms with Crippen molar-refractivity contribution in [1.82, 2.24) is 0 Å². The van der Waals surface area contributed by atoms with E-state index in [1.165, 1.54) is 54.4 Å². The lowest BCUT2D eigenvalue weighted by Gasteiger charge is -2.26. The predicted octanol–water partition coefficient (Wildman–Crippen LogP) is 11.1. The van der Waals surface area contributed by atoms with E-state index in [0.717, 1.165) is 23.5 Å². The zero-order valence-corrected chi connectivity index (χ0v) is 26.1. The highest BCUT2D eigenvalue weighted by Gasteiger charge is 2.25. The van der Waals surface area contributed by atoms with Crippen LogP contribution in [0.4, 0.5) is 0 Å². The summed E-state index contributed by atoms with van der Waals surface area (Å²) in [6, 6.07) is 12.8. The smallest absolute Gasteiger partial charge is 0.417 e. The molecular formula is C33H51O3P. The lowest BCUT2D eigenvalue weighted by molar-refractivity contribution is 0.257. The molecule has 0 aliphatic heterocycles. The predicted molar refractivity (Wildman–Crippen MR) is 162 cm³/mol. The van der Waals surface area contributed by atoms with E-state index in [1.807, 2.05) is 0 Å². The van der Waals surface area contributed by atoms with Crippen molar-refractivity contribution in [1.29, 1.82) is 0 Å². The third-order valence-electron chi connectivity index (χ3n) is 6.30. The summed E-state index contributed by atoms with van der Waals surface area (Å²) in [7, 11) is -1.62. The summed E-state index contributed by atoms with van der Waals surface area (Å²) in [5.74, 6) is 1.63. The summed E-state index contributed by atoms with van der Waals surface area (Å²) in [6.07, 6.45) is 9.48. The van der Waals surface area contributed by atoms with E-state index in [0.29, 0.717) is 6.61 Å². The van der Waals surface area contributed by atoms with Crippen LogP contribution in [0.2, 0.25) is 0 Å². The summed E-state index contributed by atoms with van der Waals surface area (Å²) in [5.41, 5.74) is 5.96. The van der Waals surface area contributed by atoms with Crippen LogP contribution >= 0.6 is 8.60 Å². The molecule has 0 heterocycles. The van der Waals surface area contributed by atoms with Crippen molar-refractivity contribution in [3.63, 3.8) is 0 Å². The van der Waals surface area contributed by atoms with E-state index in [9.17, 15) is 0 Å². The van der Waals surface area contributed by atoms with E-state index >= 15 is 0 Å². The average Bonchev–Trinajstić information content (AvgIpc) is 2.78. The number of benzene rings is 2. The maximum atomic E-state index is 6.54. The van der Waals surface area contributed by atoms with Gasteiger partial charge in [0, 0.05) is 11.1 Å². The van der Waals surface area contributed by atoms with E-state index in [1.54, 1.807) is 0 Å². The summed E-state index contributed by atoms with van der Waals surface area (Å²) in [5, 5.41) is 0. The minimum absolute atomic E-state index is 0.0524. The maximum absolute atomic E-state index is 6.54. The molecule has 0 aliphatic carbocycles. The fourth-order valence-corrected chi connectivity index (χ4v) is 5.15. The van der Waals surface area contributed by atoms with Crippen LogP contribution in [-0.4, -0.2) is 6.61 Å². The standard InChI is InChI=1S/C33H51O3P/c1-11-12-13-14-15-16-21-34-37(36-31-19-17-26(4)23-29(31)33(8,9)10)35-30-20-18-28(32(5,6)7)24-27(30)22-25(2)3/h17-20,22-24H,11-16,21H2,1-10H3. The van der Waals surface area contributed by atoms with Crippen molar-refractivity contribution in [2.45, 2.75) is 119 Å². The molecule has 2 aromatic carbocycles. The summed E-state index contributed by atoms with van der Waals surface area (Å²) >= 11 is 0. The van der Waals surface area contributed by atoms with Gasteiger partial charge in [0.15, 0.2) is 0 Å². The number of hydrogen-bond acceptors (Lipinski definition) is 3. The summed E-state index contributed by atoms with van der Waals surface area (Å²) in [4.78, 5) is 0. The van der Waals surface area contributed by atoms with E-state index in [-0.39, 0.29) is 10.8 Å². The normalized spacial score (nSPS) is 12.8. The fourth-order valence-electron chi connectivity index (χ4n) is 4.08. The SMILES string of the molecule is CCCCCCCCOP(Oc1ccc(C(C)(C)C)cc1C=C(C)C)Oc1ccc(C)cc1C(C)(C)C. The molecule has 2 aromatic rings. The van der Waals surface area contributed by atoms with Crippen LogP contribution in [-0.2, 0) is 15.4 Å². The Hall–Kier alpha value is -1.83. The van der Waals surface area contributed by atoms with Crippen molar-refractivity contribution >= 4 is 14.7 Å². The molecule has 0 saturated heterocycles. The maximum Gasteiger partial charge on any atom is 0.463 e. The van der Waals surface area contributed by atoms with Gasteiger partial charge in [0.05, 0.1) is 6.61 Å². The van der Waals surface area contributed by atoms with E-state index < -0.39 is 8.60 Å². The van der Waals surface area contributed by atoms with Crippen molar-refractivity contribution in [3.8, 4) is 11.5 Å². The van der Waals surface area contributed by atoms with Gasteiger partial charge >= 0.3 is 8.60 Å². The number of hydrogen-bond donors (Lipinski definition) is 0. The molecule has 0 spiro atoms. The van der Waals surface area contributed by atoms with Gasteiger partial charge in [0.25, 0.3) is 0 Å². The molecular weight excluding hydrogens is 475 g/mol. The van der Waals surface area contributed by atoms with Crippen molar-refractivity contribution in [2.24, 2.45) is 0 Å². The van der Waals surface area contributed by atoms with Gasteiger partial charge in [-0.1, -0.05) is 116 Å². The minimum Gasteiger partial charge on any atom is -0.417 e. The molecule has 0 N–H and O–H groups in total. The second-order valence-corrected chi connectivity index (χ2v) is 13.6. The van der Waals surface area contributed by atoms with Crippen molar-refractivity contribution < 1.29 is 13.6 Å². The molecule has 0 aliphatic rings. The molecule has 1 unspecified atom stereocenters. The van der Waals surface area contributed by atoms with Gasteiger partial charge in [-0.25, -0.2) is 0 Å². The Labute approximate surface area is 229 Å². The summed E-state index contributed by atoms with van der Waals surface area (Å²) < 4.78 is 19.4. The molecule has 0 saturated carbocycles. The van der Waals surface area contributed by atoms with Crippen LogP contribution in [0.3, 0.4) is 0 Å². The lowest BCUT2D eigenvalue weighted by atomic mass is 9.85. The molecule has 1 atom stereocenters. The molecule has 37 heavy (non-hydrogen) atoms. The minimum atomic E-state index is -1.62. The van der Waals surface area contributed by atoms with Gasteiger partial charge in [0.2, 0.25) is 0 Å². The van der Waals surface area contributed by atoms with Crippen LogP contribution in [0.25, 0.3) is 6.08 Å². The first-order chi connectivity index (χ1) is 17.3. The highest BCUT2D eigenvalue weighted by atomic mass is 31.2. The Bertz CT molecular complexity index is 1010.